The lowest BCUT2D eigenvalue weighted by molar-refractivity contribution is -0.149. The minimum Gasteiger partial charge on any atom is -0.481 e. The summed E-state index contributed by atoms with van der Waals surface area (Å²) in [6.07, 6.45) is 0.0326. The highest BCUT2D eigenvalue weighted by molar-refractivity contribution is 7.13. The Hall–Kier alpha value is -2.94. The second kappa shape index (κ2) is 10.4. The molecule has 28 heavy (non-hydrogen) atoms. The van der Waals surface area contributed by atoms with E-state index in [9.17, 15) is 14.4 Å². The molecular weight excluding hydrogens is 384 g/mol. The van der Waals surface area contributed by atoms with E-state index in [-0.39, 0.29) is 19.0 Å². The monoisotopic (exact) mass is 406 g/mol. The Morgan fingerprint density at radius 3 is 2.46 bits per heavy atom. The molecule has 0 aliphatic heterocycles. The van der Waals surface area contributed by atoms with Crippen LogP contribution < -0.4 is 10.1 Å². The number of para-hydroxylation sites is 1. The summed E-state index contributed by atoms with van der Waals surface area (Å²) in [5, 5.41) is 4.48. The first kappa shape index (κ1) is 21.4. The van der Waals surface area contributed by atoms with E-state index < -0.39 is 18.5 Å². The molecule has 0 atom stereocenters. The van der Waals surface area contributed by atoms with Gasteiger partial charge in [0.1, 0.15) is 5.75 Å². The Labute approximate surface area is 166 Å². The molecule has 1 amide bonds. The number of anilines is 1. The molecule has 0 aliphatic rings. The van der Waals surface area contributed by atoms with Gasteiger partial charge in [0.15, 0.2) is 18.3 Å². The summed E-state index contributed by atoms with van der Waals surface area (Å²) >= 11 is 1.17. The average Bonchev–Trinajstić information content (AvgIpc) is 3.06. The van der Waals surface area contributed by atoms with Gasteiger partial charge in [0.2, 0.25) is 0 Å². The minimum atomic E-state index is -0.653. The number of nitrogens with zero attached hydrogens (tertiary/aromatic N) is 1. The molecule has 0 saturated carbocycles. The van der Waals surface area contributed by atoms with Crippen molar-refractivity contribution in [3.63, 3.8) is 0 Å². The third kappa shape index (κ3) is 6.66. The van der Waals surface area contributed by atoms with E-state index in [0.717, 1.165) is 11.1 Å². The Morgan fingerprint density at radius 1 is 1.07 bits per heavy atom. The highest BCUT2D eigenvalue weighted by Gasteiger charge is 2.13. The number of amides is 1. The van der Waals surface area contributed by atoms with Crippen molar-refractivity contribution in [1.29, 1.82) is 0 Å². The van der Waals surface area contributed by atoms with E-state index >= 15 is 0 Å². The predicted octanol–water partition coefficient (Wildman–Crippen LogP) is 2.43. The van der Waals surface area contributed by atoms with Crippen molar-refractivity contribution in [2.45, 2.75) is 27.2 Å². The number of carbonyl (C=O) groups is 3. The fourth-order valence-corrected chi connectivity index (χ4v) is 3.03. The van der Waals surface area contributed by atoms with Crippen LogP contribution in [0.4, 0.5) is 5.13 Å². The van der Waals surface area contributed by atoms with E-state index in [0.29, 0.717) is 23.2 Å². The van der Waals surface area contributed by atoms with Crippen molar-refractivity contribution >= 4 is 34.3 Å². The normalized spacial score (nSPS) is 10.2. The zero-order valence-corrected chi connectivity index (χ0v) is 16.8. The summed E-state index contributed by atoms with van der Waals surface area (Å²) in [7, 11) is 0. The molecule has 1 aromatic heterocycles. The molecule has 0 spiro atoms. The molecule has 0 bridgehead atoms. The number of carbonyl (C=O) groups excluding carboxylic acids is 3. The van der Waals surface area contributed by atoms with Gasteiger partial charge in [0.05, 0.1) is 18.7 Å². The summed E-state index contributed by atoms with van der Waals surface area (Å²) in [5.74, 6) is -0.943. The Kier molecular flexibility index (Phi) is 7.94. The second-order valence-electron chi connectivity index (χ2n) is 5.84. The van der Waals surface area contributed by atoms with Crippen LogP contribution in [0.3, 0.4) is 0 Å². The fourth-order valence-electron chi connectivity index (χ4n) is 2.31. The summed E-state index contributed by atoms with van der Waals surface area (Å²) in [6, 6.07) is 5.66. The standard InChI is InChI=1S/C19H22N2O6S/c1-4-25-16(23)8-14-11-28-19(20-14)21-15(22)9-26-17(24)10-27-18-12(2)6-5-7-13(18)3/h5-7,11H,4,8-10H2,1-3H3,(H,20,21,22). The van der Waals surface area contributed by atoms with Gasteiger partial charge in [0.25, 0.3) is 5.91 Å². The number of rotatable bonds is 9. The molecule has 150 valence electrons. The van der Waals surface area contributed by atoms with Crippen molar-refractivity contribution in [2.75, 3.05) is 25.1 Å². The molecule has 9 heteroatoms. The highest BCUT2D eigenvalue weighted by Crippen LogP contribution is 2.22. The third-order valence-electron chi connectivity index (χ3n) is 3.54. The summed E-state index contributed by atoms with van der Waals surface area (Å²) in [6.45, 7) is 5.03. The summed E-state index contributed by atoms with van der Waals surface area (Å²) < 4.78 is 15.2. The predicted molar refractivity (Wildman–Crippen MR) is 103 cm³/mol. The van der Waals surface area contributed by atoms with E-state index in [1.807, 2.05) is 32.0 Å². The van der Waals surface area contributed by atoms with Crippen LogP contribution in [0, 0.1) is 13.8 Å². The van der Waals surface area contributed by atoms with Crippen LogP contribution in [0.15, 0.2) is 23.6 Å². The van der Waals surface area contributed by atoms with Gasteiger partial charge in [-0.15, -0.1) is 11.3 Å². The Bertz CT molecular complexity index is 828. The number of nitrogens with one attached hydrogen (secondary N) is 1. The van der Waals surface area contributed by atoms with Gasteiger partial charge >= 0.3 is 11.9 Å². The van der Waals surface area contributed by atoms with Gasteiger partial charge in [-0.05, 0) is 31.9 Å². The number of hydrogen-bond acceptors (Lipinski definition) is 8. The number of ether oxygens (including phenoxy) is 3. The smallest absolute Gasteiger partial charge is 0.344 e. The Morgan fingerprint density at radius 2 is 1.79 bits per heavy atom. The molecule has 2 rings (SSSR count). The number of hydrogen-bond donors (Lipinski definition) is 1. The first-order valence-corrected chi connectivity index (χ1v) is 9.51. The van der Waals surface area contributed by atoms with Crippen LogP contribution in [-0.2, 0) is 30.3 Å². The molecular formula is C19H22N2O6S. The molecule has 0 unspecified atom stereocenters. The van der Waals surface area contributed by atoms with Crippen LogP contribution in [0.1, 0.15) is 23.7 Å². The van der Waals surface area contributed by atoms with Crippen LogP contribution in [0.2, 0.25) is 0 Å². The number of aromatic nitrogens is 1. The van der Waals surface area contributed by atoms with Crippen molar-refractivity contribution in [1.82, 2.24) is 4.98 Å². The van der Waals surface area contributed by atoms with E-state index in [4.69, 9.17) is 14.2 Å². The summed E-state index contributed by atoms with van der Waals surface area (Å²) in [5.41, 5.74) is 2.32. The summed E-state index contributed by atoms with van der Waals surface area (Å²) in [4.78, 5) is 39.2. The van der Waals surface area contributed by atoms with Gasteiger partial charge in [0, 0.05) is 5.38 Å². The van der Waals surface area contributed by atoms with Gasteiger partial charge < -0.3 is 14.2 Å². The van der Waals surface area contributed by atoms with Crippen molar-refractivity contribution in [3.8, 4) is 5.75 Å². The van der Waals surface area contributed by atoms with Gasteiger partial charge in [-0.25, -0.2) is 9.78 Å². The lowest BCUT2D eigenvalue weighted by Crippen LogP contribution is -2.23. The average molecular weight is 406 g/mol. The first-order chi connectivity index (χ1) is 13.4. The Balaban J connectivity index is 1.74. The molecule has 1 N–H and O–H groups in total. The van der Waals surface area contributed by atoms with Crippen LogP contribution >= 0.6 is 11.3 Å². The van der Waals surface area contributed by atoms with E-state index in [1.165, 1.54) is 11.3 Å². The maximum atomic E-state index is 11.9. The van der Waals surface area contributed by atoms with Gasteiger partial charge in [-0.1, -0.05) is 18.2 Å². The molecule has 0 fully saturated rings. The molecule has 0 aliphatic carbocycles. The largest absolute Gasteiger partial charge is 0.481 e. The first-order valence-electron chi connectivity index (χ1n) is 8.63. The number of esters is 2. The maximum absolute atomic E-state index is 11.9. The van der Waals surface area contributed by atoms with Crippen molar-refractivity contribution < 1.29 is 28.6 Å². The lowest BCUT2D eigenvalue weighted by Gasteiger charge is -2.11. The van der Waals surface area contributed by atoms with Crippen molar-refractivity contribution in [2.24, 2.45) is 0 Å². The number of aryl methyl sites for hydroxylation is 2. The molecule has 2 aromatic rings. The second-order valence-corrected chi connectivity index (χ2v) is 6.70. The van der Waals surface area contributed by atoms with Gasteiger partial charge in [-0.2, -0.15) is 0 Å². The van der Waals surface area contributed by atoms with E-state index in [2.05, 4.69) is 10.3 Å². The molecule has 0 radical (unpaired) electrons. The number of thiazole rings is 1. The molecule has 1 aromatic carbocycles. The van der Waals surface area contributed by atoms with Crippen LogP contribution in [0.5, 0.6) is 5.75 Å². The van der Waals surface area contributed by atoms with Crippen LogP contribution in [-0.4, -0.2) is 42.7 Å². The zero-order valence-electron chi connectivity index (χ0n) is 15.9. The number of benzene rings is 1. The SMILES string of the molecule is CCOC(=O)Cc1csc(NC(=O)COC(=O)COc2c(C)cccc2C)n1. The topological polar surface area (TPSA) is 104 Å². The molecule has 0 saturated heterocycles. The van der Waals surface area contributed by atoms with Gasteiger partial charge in [-0.3, -0.25) is 14.9 Å². The minimum absolute atomic E-state index is 0.0326. The quantitative estimate of drug-likeness (QED) is 0.638. The van der Waals surface area contributed by atoms with E-state index in [1.54, 1.807) is 12.3 Å². The fraction of sp³-hybridized carbons (Fsp3) is 0.368. The highest BCUT2D eigenvalue weighted by atomic mass is 32.1. The zero-order chi connectivity index (χ0) is 20.5. The maximum Gasteiger partial charge on any atom is 0.344 e. The third-order valence-corrected chi connectivity index (χ3v) is 4.34. The molecule has 8 nitrogen and oxygen atoms in total. The lowest BCUT2D eigenvalue weighted by atomic mass is 10.1. The molecule has 1 heterocycles. The van der Waals surface area contributed by atoms with Crippen LogP contribution in [0.25, 0.3) is 0 Å². The van der Waals surface area contributed by atoms with Crippen molar-refractivity contribution in [3.05, 3.63) is 40.4 Å².